The van der Waals surface area contributed by atoms with E-state index in [-0.39, 0.29) is 12.3 Å². The van der Waals surface area contributed by atoms with Gasteiger partial charge in [-0.3, -0.25) is 9.89 Å². The Morgan fingerprint density at radius 1 is 1.46 bits per heavy atom. The Balaban J connectivity index is 1.51. The fraction of sp³-hybridized carbons (Fsp3) is 0.286. The Labute approximate surface area is 160 Å². The van der Waals surface area contributed by atoms with Gasteiger partial charge in [0.2, 0.25) is 5.91 Å². The minimum atomic E-state index is -0.0454. The first-order chi connectivity index (χ1) is 11.5. The maximum absolute atomic E-state index is 12.0. The van der Waals surface area contributed by atoms with E-state index >= 15 is 0 Å². The quantitative estimate of drug-likeness (QED) is 0.572. The number of carbonyl (C=O) groups excluding carboxylic acids is 1. The molecule has 0 spiro atoms. The second kappa shape index (κ2) is 7.68. The Hall–Kier alpha value is -1.36. The number of nitrogens with zero attached hydrogens (tertiary/aromatic N) is 3. The number of hydrogen-bond donors (Lipinski definition) is 2. The number of amides is 1. The summed E-state index contributed by atoms with van der Waals surface area (Å²) in [5, 5.41) is 14.6. The fourth-order valence-electron chi connectivity index (χ4n) is 2.07. The lowest BCUT2D eigenvalue weighted by molar-refractivity contribution is -0.120. The van der Waals surface area contributed by atoms with Gasteiger partial charge in [0.05, 0.1) is 17.0 Å². The molecular formula is C14H14BrN5OS3. The van der Waals surface area contributed by atoms with Crippen LogP contribution in [0.3, 0.4) is 0 Å². The number of halogens is 1. The SMILES string of the molecule is Cn1c(CCNC(=O)Cc2csc(-c3cc(Br)cs3)n2)n[nH]c1=S. The number of H-pyrrole nitrogens is 1. The third kappa shape index (κ3) is 4.18. The minimum Gasteiger partial charge on any atom is -0.355 e. The van der Waals surface area contributed by atoms with Crippen LogP contribution >= 0.6 is 50.8 Å². The van der Waals surface area contributed by atoms with Crippen molar-refractivity contribution in [1.29, 1.82) is 0 Å². The van der Waals surface area contributed by atoms with Crippen LogP contribution in [-0.4, -0.2) is 32.2 Å². The van der Waals surface area contributed by atoms with Crippen molar-refractivity contribution in [3.8, 4) is 9.88 Å². The molecule has 0 unspecified atom stereocenters. The van der Waals surface area contributed by atoms with E-state index in [9.17, 15) is 4.79 Å². The van der Waals surface area contributed by atoms with Gasteiger partial charge in [-0.15, -0.1) is 22.7 Å². The zero-order valence-corrected chi connectivity index (χ0v) is 16.7. The third-order valence-corrected chi connectivity index (χ3v) is 6.43. The normalized spacial score (nSPS) is 10.9. The first kappa shape index (κ1) is 17.5. The van der Waals surface area contributed by atoms with E-state index < -0.39 is 0 Å². The number of aromatic nitrogens is 4. The predicted molar refractivity (Wildman–Crippen MR) is 102 cm³/mol. The highest BCUT2D eigenvalue weighted by Crippen LogP contribution is 2.31. The second-order valence-electron chi connectivity index (χ2n) is 5.05. The monoisotopic (exact) mass is 443 g/mol. The molecule has 0 saturated carbocycles. The highest BCUT2D eigenvalue weighted by molar-refractivity contribution is 9.10. The van der Waals surface area contributed by atoms with Gasteiger partial charge in [0, 0.05) is 35.2 Å². The maximum atomic E-state index is 12.0. The van der Waals surface area contributed by atoms with Crippen molar-refractivity contribution >= 4 is 56.7 Å². The average Bonchev–Trinajstić information content (AvgIpc) is 3.24. The molecule has 126 valence electrons. The van der Waals surface area contributed by atoms with Crippen molar-refractivity contribution in [2.24, 2.45) is 7.05 Å². The smallest absolute Gasteiger partial charge is 0.226 e. The summed E-state index contributed by atoms with van der Waals surface area (Å²) in [6.45, 7) is 0.515. The molecule has 2 N–H and O–H groups in total. The molecule has 0 aliphatic heterocycles. The molecule has 24 heavy (non-hydrogen) atoms. The Morgan fingerprint density at radius 2 is 2.29 bits per heavy atom. The summed E-state index contributed by atoms with van der Waals surface area (Å²) in [5.74, 6) is 0.774. The van der Waals surface area contributed by atoms with Crippen LogP contribution in [0.25, 0.3) is 9.88 Å². The predicted octanol–water partition coefficient (Wildman–Crippen LogP) is 3.33. The molecule has 0 bridgehead atoms. The second-order valence-corrected chi connectivity index (χ2v) is 8.13. The molecule has 0 aromatic carbocycles. The summed E-state index contributed by atoms with van der Waals surface area (Å²) in [4.78, 5) is 17.7. The zero-order valence-electron chi connectivity index (χ0n) is 12.7. The lowest BCUT2D eigenvalue weighted by Crippen LogP contribution is -2.27. The van der Waals surface area contributed by atoms with Crippen molar-refractivity contribution in [2.75, 3.05) is 6.54 Å². The van der Waals surface area contributed by atoms with Crippen molar-refractivity contribution in [3.05, 3.63) is 37.6 Å². The van der Waals surface area contributed by atoms with E-state index in [1.165, 1.54) is 0 Å². The van der Waals surface area contributed by atoms with Crippen molar-refractivity contribution in [2.45, 2.75) is 12.8 Å². The van der Waals surface area contributed by atoms with Gasteiger partial charge in [-0.1, -0.05) is 0 Å². The van der Waals surface area contributed by atoms with Crippen LogP contribution in [0, 0.1) is 4.77 Å². The molecule has 0 saturated heterocycles. The number of aromatic amines is 1. The number of hydrogen-bond acceptors (Lipinski definition) is 6. The van der Waals surface area contributed by atoms with Crippen LogP contribution in [0.15, 0.2) is 21.3 Å². The summed E-state index contributed by atoms with van der Waals surface area (Å²) in [7, 11) is 1.85. The minimum absolute atomic E-state index is 0.0454. The van der Waals surface area contributed by atoms with E-state index in [0.717, 1.165) is 25.9 Å². The first-order valence-electron chi connectivity index (χ1n) is 7.08. The zero-order chi connectivity index (χ0) is 17.1. The van der Waals surface area contributed by atoms with Gasteiger partial charge in [0.15, 0.2) is 4.77 Å². The molecule has 0 fully saturated rings. The molecule has 3 heterocycles. The van der Waals surface area contributed by atoms with Crippen molar-refractivity contribution in [3.63, 3.8) is 0 Å². The van der Waals surface area contributed by atoms with Crippen LogP contribution in [-0.2, 0) is 24.7 Å². The van der Waals surface area contributed by atoms with E-state index in [0.29, 0.717) is 17.7 Å². The van der Waals surface area contributed by atoms with Crippen molar-refractivity contribution < 1.29 is 4.79 Å². The average molecular weight is 444 g/mol. The number of thiophene rings is 1. The van der Waals surface area contributed by atoms with Crippen LogP contribution in [0.2, 0.25) is 0 Å². The molecule has 1 amide bonds. The topological polar surface area (TPSA) is 75.6 Å². The lowest BCUT2D eigenvalue weighted by atomic mass is 10.3. The van der Waals surface area contributed by atoms with Crippen LogP contribution in [0.1, 0.15) is 11.5 Å². The highest BCUT2D eigenvalue weighted by Gasteiger charge is 2.11. The first-order valence-corrected chi connectivity index (χ1v) is 10.0. The summed E-state index contributed by atoms with van der Waals surface area (Å²) in [6.07, 6.45) is 0.906. The highest BCUT2D eigenvalue weighted by atomic mass is 79.9. The molecule has 0 atom stereocenters. The molecular weight excluding hydrogens is 430 g/mol. The molecule has 0 aliphatic carbocycles. The number of rotatable bonds is 6. The molecule has 0 radical (unpaired) electrons. The van der Waals surface area contributed by atoms with E-state index in [1.807, 2.05) is 23.9 Å². The molecule has 3 aromatic heterocycles. The van der Waals surface area contributed by atoms with Crippen LogP contribution in [0.4, 0.5) is 0 Å². The fourth-order valence-corrected chi connectivity index (χ4v) is 4.55. The molecule has 0 aliphatic rings. The van der Waals surface area contributed by atoms with Gasteiger partial charge in [-0.05, 0) is 34.2 Å². The van der Waals surface area contributed by atoms with Crippen LogP contribution in [0.5, 0.6) is 0 Å². The Morgan fingerprint density at radius 3 is 2.96 bits per heavy atom. The van der Waals surface area contributed by atoms with E-state index in [1.54, 1.807) is 27.2 Å². The third-order valence-electron chi connectivity index (χ3n) is 3.31. The summed E-state index contributed by atoms with van der Waals surface area (Å²) >= 11 is 11.7. The van der Waals surface area contributed by atoms with Crippen LogP contribution < -0.4 is 5.32 Å². The molecule has 3 rings (SSSR count). The summed E-state index contributed by atoms with van der Waals surface area (Å²) in [6, 6.07) is 2.03. The van der Waals surface area contributed by atoms with Gasteiger partial charge in [0.25, 0.3) is 0 Å². The number of thiazole rings is 1. The van der Waals surface area contributed by atoms with E-state index in [2.05, 4.69) is 36.4 Å². The van der Waals surface area contributed by atoms with Gasteiger partial charge in [0.1, 0.15) is 10.8 Å². The summed E-state index contributed by atoms with van der Waals surface area (Å²) < 4.78 is 3.42. The lowest BCUT2D eigenvalue weighted by Gasteiger charge is -2.03. The van der Waals surface area contributed by atoms with Gasteiger partial charge < -0.3 is 9.88 Å². The Kier molecular flexibility index (Phi) is 5.59. The molecule has 6 nitrogen and oxygen atoms in total. The van der Waals surface area contributed by atoms with Gasteiger partial charge in [-0.25, -0.2) is 4.98 Å². The number of carbonyl (C=O) groups is 1. The van der Waals surface area contributed by atoms with Gasteiger partial charge in [-0.2, -0.15) is 5.10 Å². The maximum Gasteiger partial charge on any atom is 0.226 e. The largest absolute Gasteiger partial charge is 0.355 e. The summed E-state index contributed by atoms with van der Waals surface area (Å²) in [5.41, 5.74) is 0.787. The van der Waals surface area contributed by atoms with E-state index in [4.69, 9.17) is 12.2 Å². The Bertz CT molecular complexity index is 910. The molecule has 10 heteroatoms. The number of nitrogens with one attached hydrogen (secondary N) is 2. The standard InChI is InChI=1S/C14H14BrN5OS3/c1-20-11(18-19-14(20)22)2-3-16-12(21)5-9-7-24-13(17-9)10-4-8(15)6-23-10/h4,6-7H,2-3,5H2,1H3,(H,16,21)(H,19,22). The van der Waals surface area contributed by atoms with Gasteiger partial charge >= 0.3 is 0 Å². The van der Waals surface area contributed by atoms with Crippen molar-refractivity contribution in [1.82, 2.24) is 25.1 Å². The molecule has 3 aromatic rings.